The van der Waals surface area contributed by atoms with Crippen LogP contribution in [0.15, 0.2) is 49.1 Å². The Bertz CT molecular complexity index is 649. The number of rotatable bonds is 5. The van der Waals surface area contributed by atoms with Crippen molar-refractivity contribution in [2.24, 2.45) is 0 Å². The van der Waals surface area contributed by atoms with Crippen LogP contribution in [0.3, 0.4) is 0 Å². The number of phenols is 2. The second-order valence-electron chi connectivity index (χ2n) is 4.65. The molecular weight excluding hydrogens is 268 g/mol. The van der Waals surface area contributed by atoms with Gasteiger partial charge in [-0.15, -0.1) is 6.58 Å². The summed E-state index contributed by atoms with van der Waals surface area (Å²) < 4.78 is 5.34. The lowest BCUT2D eigenvalue weighted by atomic mass is 9.89. The van der Waals surface area contributed by atoms with E-state index >= 15 is 0 Å². The number of hydrogen-bond acceptors (Lipinski definition) is 4. The Morgan fingerprint density at radius 2 is 1.86 bits per heavy atom. The average Bonchev–Trinajstić information content (AvgIpc) is 2.50. The van der Waals surface area contributed by atoms with Crippen molar-refractivity contribution < 1.29 is 20.1 Å². The molecule has 2 rings (SSSR count). The standard InChI is InChI=1S/C17H18O4/c1-3-12(13-6-4-5-7-15(13)19)14-9-16(20)11(10-18)8-17(14)21-2/h3-9,12,18-20H,1,10H2,2H3/t12-/m1/s1. The molecule has 0 aromatic heterocycles. The highest BCUT2D eigenvalue weighted by atomic mass is 16.5. The monoisotopic (exact) mass is 286 g/mol. The highest BCUT2D eigenvalue weighted by Crippen LogP contribution is 2.39. The number of ether oxygens (including phenoxy) is 1. The van der Waals surface area contributed by atoms with E-state index < -0.39 is 0 Å². The fourth-order valence-corrected chi connectivity index (χ4v) is 2.35. The van der Waals surface area contributed by atoms with E-state index in [0.29, 0.717) is 22.4 Å². The first-order valence-electron chi connectivity index (χ1n) is 6.53. The number of aliphatic hydroxyl groups is 1. The smallest absolute Gasteiger partial charge is 0.123 e. The predicted molar refractivity (Wildman–Crippen MR) is 80.7 cm³/mol. The SMILES string of the molecule is C=C[C@H](c1ccccc1O)c1cc(O)c(CO)cc1OC. The number of phenolic OH excluding ortho intramolecular Hbond substituents is 1. The fraction of sp³-hybridized carbons (Fsp3) is 0.176. The minimum atomic E-state index is -0.334. The molecule has 2 aromatic rings. The van der Waals surface area contributed by atoms with Crippen LogP contribution in [0.1, 0.15) is 22.6 Å². The van der Waals surface area contributed by atoms with E-state index in [1.165, 1.54) is 13.2 Å². The van der Waals surface area contributed by atoms with Crippen molar-refractivity contribution in [2.75, 3.05) is 7.11 Å². The molecule has 2 aromatic carbocycles. The van der Waals surface area contributed by atoms with E-state index in [9.17, 15) is 15.3 Å². The fourth-order valence-electron chi connectivity index (χ4n) is 2.35. The number of methoxy groups -OCH3 is 1. The molecule has 0 saturated carbocycles. The Hall–Kier alpha value is -2.46. The molecule has 0 aliphatic heterocycles. The molecule has 4 nitrogen and oxygen atoms in total. The van der Waals surface area contributed by atoms with Crippen LogP contribution < -0.4 is 4.74 Å². The first-order valence-corrected chi connectivity index (χ1v) is 6.53. The predicted octanol–water partition coefficient (Wildman–Crippen LogP) is 2.92. The highest BCUT2D eigenvalue weighted by molar-refractivity contribution is 5.53. The van der Waals surface area contributed by atoms with Crippen LogP contribution in [0, 0.1) is 0 Å². The summed E-state index contributed by atoms with van der Waals surface area (Å²) in [6, 6.07) is 10.1. The van der Waals surface area contributed by atoms with Gasteiger partial charge in [-0.25, -0.2) is 0 Å². The molecule has 0 heterocycles. The average molecular weight is 286 g/mol. The van der Waals surface area contributed by atoms with Crippen LogP contribution in [0.2, 0.25) is 0 Å². The molecule has 21 heavy (non-hydrogen) atoms. The Morgan fingerprint density at radius 3 is 2.43 bits per heavy atom. The van der Waals surface area contributed by atoms with E-state index in [2.05, 4.69) is 6.58 Å². The second kappa shape index (κ2) is 6.33. The van der Waals surface area contributed by atoms with Gasteiger partial charge in [0, 0.05) is 22.6 Å². The normalized spacial score (nSPS) is 11.9. The summed E-state index contributed by atoms with van der Waals surface area (Å²) in [5.74, 6) is 0.315. The Kier molecular flexibility index (Phi) is 4.50. The van der Waals surface area contributed by atoms with Gasteiger partial charge < -0.3 is 20.1 Å². The molecule has 0 aliphatic carbocycles. The third kappa shape index (κ3) is 2.85. The maximum atomic E-state index is 10.0. The van der Waals surface area contributed by atoms with Crippen LogP contribution >= 0.6 is 0 Å². The van der Waals surface area contributed by atoms with Gasteiger partial charge in [0.2, 0.25) is 0 Å². The molecule has 0 aliphatic rings. The zero-order valence-corrected chi connectivity index (χ0v) is 11.8. The summed E-state index contributed by atoms with van der Waals surface area (Å²) in [5, 5.41) is 29.2. The van der Waals surface area contributed by atoms with Gasteiger partial charge in [-0.3, -0.25) is 0 Å². The molecule has 1 atom stereocenters. The maximum Gasteiger partial charge on any atom is 0.123 e. The second-order valence-corrected chi connectivity index (χ2v) is 4.65. The third-order valence-corrected chi connectivity index (χ3v) is 3.44. The van der Waals surface area contributed by atoms with E-state index in [1.54, 1.807) is 30.3 Å². The van der Waals surface area contributed by atoms with Crippen molar-refractivity contribution in [2.45, 2.75) is 12.5 Å². The van der Waals surface area contributed by atoms with Crippen LogP contribution in [0.25, 0.3) is 0 Å². The number of aromatic hydroxyl groups is 2. The molecule has 0 spiro atoms. The summed E-state index contributed by atoms with van der Waals surface area (Å²) in [7, 11) is 1.52. The van der Waals surface area contributed by atoms with Gasteiger partial charge in [-0.2, -0.15) is 0 Å². The zero-order chi connectivity index (χ0) is 15.4. The topological polar surface area (TPSA) is 69.9 Å². The number of benzene rings is 2. The number of hydrogen-bond donors (Lipinski definition) is 3. The number of allylic oxidation sites excluding steroid dienone is 1. The third-order valence-electron chi connectivity index (χ3n) is 3.44. The number of para-hydroxylation sites is 1. The van der Waals surface area contributed by atoms with Gasteiger partial charge in [-0.05, 0) is 18.2 Å². The quantitative estimate of drug-likeness (QED) is 0.739. The molecule has 0 radical (unpaired) electrons. The van der Waals surface area contributed by atoms with Crippen LogP contribution in [-0.2, 0) is 6.61 Å². The molecular formula is C17H18O4. The van der Waals surface area contributed by atoms with Gasteiger partial charge >= 0.3 is 0 Å². The molecule has 0 bridgehead atoms. The van der Waals surface area contributed by atoms with E-state index in [4.69, 9.17) is 4.74 Å². The van der Waals surface area contributed by atoms with E-state index in [1.807, 2.05) is 6.07 Å². The molecule has 0 amide bonds. The van der Waals surface area contributed by atoms with Crippen molar-refractivity contribution in [1.82, 2.24) is 0 Å². The first kappa shape index (κ1) is 14.9. The lowest BCUT2D eigenvalue weighted by molar-refractivity contribution is 0.274. The first-order chi connectivity index (χ1) is 10.1. The summed E-state index contributed by atoms with van der Waals surface area (Å²) >= 11 is 0. The van der Waals surface area contributed by atoms with Gasteiger partial charge in [0.1, 0.15) is 17.2 Å². The van der Waals surface area contributed by atoms with E-state index in [0.717, 1.165) is 0 Å². The van der Waals surface area contributed by atoms with Crippen LogP contribution in [0.4, 0.5) is 0 Å². The molecule has 4 heteroatoms. The van der Waals surface area contributed by atoms with Gasteiger partial charge in [0.15, 0.2) is 0 Å². The Balaban J connectivity index is 2.60. The molecule has 0 saturated heterocycles. The van der Waals surface area contributed by atoms with Gasteiger partial charge in [-0.1, -0.05) is 24.3 Å². The minimum Gasteiger partial charge on any atom is -0.508 e. The zero-order valence-electron chi connectivity index (χ0n) is 11.8. The van der Waals surface area contributed by atoms with Crippen molar-refractivity contribution >= 4 is 0 Å². The summed E-state index contributed by atoms with van der Waals surface area (Å²) in [4.78, 5) is 0. The van der Waals surface area contributed by atoms with Gasteiger partial charge in [0.25, 0.3) is 0 Å². The maximum absolute atomic E-state index is 10.0. The van der Waals surface area contributed by atoms with Crippen LogP contribution in [-0.4, -0.2) is 22.4 Å². The molecule has 110 valence electrons. The summed E-state index contributed by atoms with van der Waals surface area (Å²) in [5.41, 5.74) is 1.72. The Labute approximate surface area is 123 Å². The van der Waals surface area contributed by atoms with E-state index in [-0.39, 0.29) is 24.0 Å². The van der Waals surface area contributed by atoms with Crippen molar-refractivity contribution in [1.29, 1.82) is 0 Å². The molecule has 0 fully saturated rings. The minimum absolute atomic E-state index is 0.0180. The summed E-state index contributed by atoms with van der Waals surface area (Å²) in [6.07, 6.45) is 1.67. The van der Waals surface area contributed by atoms with Crippen molar-refractivity contribution in [3.63, 3.8) is 0 Å². The lowest BCUT2D eigenvalue weighted by Crippen LogP contribution is -2.02. The summed E-state index contributed by atoms with van der Waals surface area (Å²) in [6.45, 7) is 3.52. The Morgan fingerprint density at radius 1 is 1.14 bits per heavy atom. The van der Waals surface area contributed by atoms with Crippen molar-refractivity contribution in [3.05, 3.63) is 65.7 Å². The van der Waals surface area contributed by atoms with Gasteiger partial charge in [0.05, 0.1) is 13.7 Å². The largest absolute Gasteiger partial charge is 0.508 e. The van der Waals surface area contributed by atoms with Crippen LogP contribution in [0.5, 0.6) is 17.2 Å². The molecule has 3 N–H and O–H groups in total. The molecule has 0 unspecified atom stereocenters. The highest BCUT2D eigenvalue weighted by Gasteiger charge is 2.20. The number of aliphatic hydroxyl groups excluding tert-OH is 1. The lowest BCUT2D eigenvalue weighted by Gasteiger charge is -2.19. The van der Waals surface area contributed by atoms with Crippen molar-refractivity contribution in [3.8, 4) is 17.2 Å².